The molecule has 2 aromatic carbocycles. The zero-order valence-electron chi connectivity index (χ0n) is 16.2. The van der Waals surface area contributed by atoms with Gasteiger partial charge in [-0.2, -0.15) is 0 Å². The Hall–Kier alpha value is -2.42. The van der Waals surface area contributed by atoms with Gasteiger partial charge in [-0.05, 0) is 40.6 Å². The van der Waals surface area contributed by atoms with Crippen LogP contribution in [0.5, 0.6) is 0 Å². The van der Waals surface area contributed by atoms with Crippen molar-refractivity contribution in [2.75, 3.05) is 37.2 Å². The number of thiophene rings is 1. The first-order valence-electron chi connectivity index (χ1n) is 9.44. The summed E-state index contributed by atoms with van der Waals surface area (Å²) in [6, 6.07) is 15.1. The van der Waals surface area contributed by atoms with E-state index in [1.54, 1.807) is 35.6 Å². The molecular weight excluding hydrogens is 406 g/mol. The van der Waals surface area contributed by atoms with E-state index < -0.39 is 10.0 Å². The molecule has 1 amide bonds. The fourth-order valence-electron chi connectivity index (χ4n) is 3.62. The Kier molecular flexibility index (Phi) is 5.58. The summed E-state index contributed by atoms with van der Waals surface area (Å²) >= 11 is 1.77. The van der Waals surface area contributed by atoms with Gasteiger partial charge in [-0.1, -0.05) is 24.3 Å². The normalized spacial score (nSPS) is 15.6. The number of benzene rings is 2. The SMILES string of the molecule is CS(=O)(=O)Nc1cccc(C(=O)N2CCN(Cc3csc4ccccc34)CC2)c1. The fourth-order valence-corrected chi connectivity index (χ4v) is 5.13. The van der Waals surface area contributed by atoms with Crippen molar-refractivity contribution in [2.24, 2.45) is 0 Å². The molecule has 1 aliphatic heterocycles. The van der Waals surface area contributed by atoms with Crippen molar-refractivity contribution in [3.05, 3.63) is 65.0 Å². The number of rotatable bonds is 5. The minimum Gasteiger partial charge on any atom is -0.336 e. The summed E-state index contributed by atoms with van der Waals surface area (Å²) in [6.07, 6.45) is 1.09. The van der Waals surface area contributed by atoms with E-state index in [-0.39, 0.29) is 5.91 Å². The fraction of sp³-hybridized carbons (Fsp3) is 0.286. The quantitative estimate of drug-likeness (QED) is 0.676. The molecule has 4 rings (SSSR count). The molecule has 0 bridgehead atoms. The molecule has 6 nitrogen and oxygen atoms in total. The van der Waals surface area contributed by atoms with E-state index in [1.807, 2.05) is 4.90 Å². The van der Waals surface area contributed by atoms with Gasteiger partial charge in [0.2, 0.25) is 10.0 Å². The molecule has 0 aliphatic carbocycles. The van der Waals surface area contributed by atoms with Gasteiger partial charge in [0, 0.05) is 48.7 Å². The number of nitrogens with one attached hydrogen (secondary N) is 1. The van der Waals surface area contributed by atoms with E-state index in [0.29, 0.717) is 24.3 Å². The summed E-state index contributed by atoms with van der Waals surface area (Å²) in [4.78, 5) is 17.1. The molecule has 0 saturated carbocycles. The van der Waals surface area contributed by atoms with Crippen molar-refractivity contribution in [3.8, 4) is 0 Å². The highest BCUT2D eigenvalue weighted by Gasteiger charge is 2.23. The van der Waals surface area contributed by atoms with E-state index in [1.165, 1.54) is 15.6 Å². The second-order valence-corrected chi connectivity index (χ2v) is 9.94. The smallest absolute Gasteiger partial charge is 0.254 e. The van der Waals surface area contributed by atoms with Crippen LogP contribution < -0.4 is 4.72 Å². The van der Waals surface area contributed by atoms with Crippen LogP contribution in [0.25, 0.3) is 10.1 Å². The maximum absolute atomic E-state index is 12.8. The molecule has 29 heavy (non-hydrogen) atoms. The topological polar surface area (TPSA) is 69.7 Å². The van der Waals surface area contributed by atoms with Crippen molar-refractivity contribution in [2.45, 2.75) is 6.54 Å². The van der Waals surface area contributed by atoms with Crippen LogP contribution in [0.4, 0.5) is 5.69 Å². The highest BCUT2D eigenvalue weighted by molar-refractivity contribution is 7.92. The first-order valence-corrected chi connectivity index (χ1v) is 12.2. The molecule has 1 N–H and O–H groups in total. The van der Waals surface area contributed by atoms with Crippen molar-refractivity contribution in [3.63, 3.8) is 0 Å². The summed E-state index contributed by atoms with van der Waals surface area (Å²) in [7, 11) is -3.37. The molecule has 1 aromatic heterocycles. The molecular formula is C21H23N3O3S2. The van der Waals surface area contributed by atoms with Gasteiger partial charge in [-0.15, -0.1) is 11.3 Å². The predicted molar refractivity (Wildman–Crippen MR) is 118 cm³/mol. The van der Waals surface area contributed by atoms with Crippen LogP contribution in [0.2, 0.25) is 0 Å². The van der Waals surface area contributed by atoms with Crippen molar-refractivity contribution in [1.82, 2.24) is 9.80 Å². The molecule has 0 atom stereocenters. The molecule has 2 heterocycles. The van der Waals surface area contributed by atoms with Gasteiger partial charge in [0.1, 0.15) is 0 Å². The summed E-state index contributed by atoms with van der Waals surface area (Å²) in [5.41, 5.74) is 2.24. The van der Waals surface area contributed by atoms with E-state index in [9.17, 15) is 13.2 Å². The van der Waals surface area contributed by atoms with Crippen molar-refractivity contribution in [1.29, 1.82) is 0 Å². The second kappa shape index (κ2) is 8.14. The Morgan fingerprint density at radius 3 is 2.59 bits per heavy atom. The van der Waals surface area contributed by atoms with Crippen LogP contribution in [0.3, 0.4) is 0 Å². The highest BCUT2D eigenvalue weighted by atomic mass is 32.2. The maximum Gasteiger partial charge on any atom is 0.254 e. The molecule has 1 fully saturated rings. The highest BCUT2D eigenvalue weighted by Crippen LogP contribution is 2.27. The number of hydrogen-bond donors (Lipinski definition) is 1. The van der Waals surface area contributed by atoms with Gasteiger partial charge >= 0.3 is 0 Å². The van der Waals surface area contributed by atoms with Crippen LogP contribution >= 0.6 is 11.3 Å². The molecule has 8 heteroatoms. The van der Waals surface area contributed by atoms with Crippen LogP contribution in [-0.4, -0.2) is 56.6 Å². The number of sulfonamides is 1. The average Bonchev–Trinajstić information content (AvgIpc) is 3.10. The lowest BCUT2D eigenvalue weighted by molar-refractivity contribution is 0.0629. The third-order valence-corrected chi connectivity index (χ3v) is 6.65. The summed E-state index contributed by atoms with van der Waals surface area (Å²) in [6.45, 7) is 3.84. The summed E-state index contributed by atoms with van der Waals surface area (Å²) in [5.74, 6) is -0.0669. The summed E-state index contributed by atoms with van der Waals surface area (Å²) in [5, 5.41) is 3.54. The molecule has 0 unspecified atom stereocenters. The van der Waals surface area contributed by atoms with Crippen LogP contribution in [0, 0.1) is 0 Å². The molecule has 1 saturated heterocycles. The molecule has 0 spiro atoms. The number of hydrogen-bond acceptors (Lipinski definition) is 5. The first kappa shape index (κ1) is 19.9. The van der Waals surface area contributed by atoms with Crippen LogP contribution in [-0.2, 0) is 16.6 Å². The Balaban J connectivity index is 1.38. The van der Waals surface area contributed by atoms with E-state index in [4.69, 9.17) is 0 Å². The largest absolute Gasteiger partial charge is 0.336 e. The standard InChI is InChI=1S/C21H23N3O3S2/c1-29(26,27)22-18-6-4-5-16(13-18)21(25)24-11-9-23(10-12-24)14-17-15-28-20-8-3-2-7-19(17)20/h2-8,13,15,22H,9-12,14H2,1H3. The minimum atomic E-state index is -3.37. The molecule has 3 aromatic rings. The monoisotopic (exact) mass is 429 g/mol. The number of fused-ring (bicyclic) bond motifs is 1. The van der Waals surface area contributed by atoms with Crippen molar-refractivity contribution < 1.29 is 13.2 Å². The Bertz CT molecular complexity index is 1130. The van der Waals surface area contributed by atoms with Crippen LogP contribution in [0.1, 0.15) is 15.9 Å². The van der Waals surface area contributed by atoms with E-state index in [2.05, 4.69) is 39.3 Å². The lowest BCUT2D eigenvalue weighted by Crippen LogP contribution is -2.48. The van der Waals surface area contributed by atoms with Gasteiger partial charge < -0.3 is 4.90 Å². The van der Waals surface area contributed by atoms with Gasteiger partial charge in [-0.25, -0.2) is 8.42 Å². The Morgan fingerprint density at radius 1 is 1.07 bits per heavy atom. The maximum atomic E-state index is 12.8. The van der Waals surface area contributed by atoms with Gasteiger partial charge in [-0.3, -0.25) is 14.4 Å². The minimum absolute atomic E-state index is 0.0669. The Morgan fingerprint density at radius 2 is 1.83 bits per heavy atom. The predicted octanol–water partition coefficient (Wildman–Crippen LogP) is 3.23. The molecule has 1 aliphatic rings. The number of carbonyl (C=O) groups excluding carboxylic acids is 1. The van der Waals surface area contributed by atoms with Gasteiger partial charge in [0.15, 0.2) is 0 Å². The number of carbonyl (C=O) groups is 1. The van der Waals surface area contributed by atoms with Crippen molar-refractivity contribution >= 4 is 43.0 Å². The average molecular weight is 430 g/mol. The van der Waals surface area contributed by atoms with Crippen LogP contribution in [0.15, 0.2) is 53.9 Å². The third kappa shape index (κ3) is 4.77. The number of anilines is 1. The Labute approximate surface area is 174 Å². The number of piperazine rings is 1. The zero-order valence-corrected chi connectivity index (χ0v) is 17.8. The second-order valence-electron chi connectivity index (χ2n) is 7.28. The lowest BCUT2D eigenvalue weighted by atomic mass is 10.1. The van der Waals surface area contributed by atoms with Gasteiger partial charge in [0.25, 0.3) is 5.91 Å². The zero-order chi connectivity index (χ0) is 20.4. The van der Waals surface area contributed by atoms with Gasteiger partial charge in [0.05, 0.1) is 6.26 Å². The molecule has 152 valence electrons. The van der Waals surface area contributed by atoms with E-state index in [0.717, 1.165) is 25.9 Å². The third-order valence-electron chi connectivity index (χ3n) is 5.03. The number of amides is 1. The van der Waals surface area contributed by atoms with E-state index >= 15 is 0 Å². The molecule has 0 radical (unpaired) electrons. The first-order chi connectivity index (χ1) is 13.9. The summed E-state index contributed by atoms with van der Waals surface area (Å²) < 4.78 is 26.6. The number of nitrogens with zero attached hydrogens (tertiary/aromatic N) is 2. The lowest BCUT2D eigenvalue weighted by Gasteiger charge is -2.34.